The molecule has 0 bridgehead atoms. The molecule has 1 rings (SSSR count). The third-order valence-corrected chi connectivity index (χ3v) is 3.97. The molecule has 1 heterocycles. The summed E-state index contributed by atoms with van der Waals surface area (Å²) in [4.78, 5) is 4.47. The molecule has 19 heavy (non-hydrogen) atoms. The first-order valence-corrected chi connectivity index (χ1v) is 7.46. The van der Waals surface area contributed by atoms with E-state index in [9.17, 15) is 0 Å². The SMILES string of the molecule is CCNCC(C)(Cc1ncnn1CC(C)C)C(C)C. The maximum absolute atomic E-state index is 4.47. The average Bonchev–Trinajstić information content (AvgIpc) is 2.73. The van der Waals surface area contributed by atoms with Gasteiger partial charge in [0.25, 0.3) is 0 Å². The minimum Gasteiger partial charge on any atom is -0.316 e. The predicted octanol–water partition coefficient (Wildman–Crippen LogP) is 2.75. The zero-order valence-corrected chi connectivity index (χ0v) is 13.4. The van der Waals surface area contributed by atoms with E-state index in [1.54, 1.807) is 6.33 Å². The molecule has 0 saturated heterocycles. The molecule has 110 valence electrons. The molecule has 1 atom stereocenters. The molecular formula is C15H30N4. The van der Waals surface area contributed by atoms with E-state index < -0.39 is 0 Å². The van der Waals surface area contributed by atoms with E-state index in [0.717, 1.165) is 31.9 Å². The fraction of sp³-hybridized carbons (Fsp3) is 0.867. The van der Waals surface area contributed by atoms with Gasteiger partial charge in [0.05, 0.1) is 0 Å². The molecule has 0 aliphatic carbocycles. The molecule has 1 aromatic heterocycles. The van der Waals surface area contributed by atoms with Crippen molar-refractivity contribution in [1.29, 1.82) is 0 Å². The van der Waals surface area contributed by atoms with E-state index in [4.69, 9.17) is 0 Å². The Bertz CT molecular complexity index is 370. The van der Waals surface area contributed by atoms with Gasteiger partial charge in [0, 0.05) is 19.5 Å². The standard InChI is InChI=1S/C15H30N4/c1-7-16-10-15(6,13(4)5)8-14-17-11-18-19(14)9-12(2)3/h11-13,16H,7-10H2,1-6H3. The number of hydrogen-bond donors (Lipinski definition) is 1. The van der Waals surface area contributed by atoms with Gasteiger partial charge in [0.15, 0.2) is 0 Å². The quantitative estimate of drug-likeness (QED) is 0.787. The van der Waals surface area contributed by atoms with Crippen LogP contribution in [0.3, 0.4) is 0 Å². The molecule has 0 amide bonds. The van der Waals surface area contributed by atoms with Crippen LogP contribution in [0, 0.1) is 17.3 Å². The Hall–Kier alpha value is -0.900. The van der Waals surface area contributed by atoms with Crippen molar-refractivity contribution < 1.29 is 0 Å². The number of aromatic nitrogens is 3. The van der Waals surface area contributed by atoms with E-state index in [1.165, 1.54) is 0 Å². The number of rotatable bonds is 8. The van der Waals surface area contributed by atoms with Crippen molar-refractivity contribution in [3.63, 3.8) is 0 Å². The summed E-state index contributed by atoms with van der Waals surface area (Å²) in [6.45, 7) is 16.5. The summed E-state index contributed by atoms with van der Waals surface area (Å²) in [7, 11) is 0. The normalized spacial score (nSPS) is 15.2. The van der Waals surface area contributed by atoms with Gasteiger partial charge in [-0.1, -0.05) is 41.5 Å². The van der Waals surface area contributed by atoms with E-state index in [-0.39, 0.29) is 5.41 Å². The molecule has 1 unspecified atom stereocenters. The lowest BCUT2D eigenvalue weighted by Crippen LogP contribution is -2.38. The molecule has 0 spiro atoms. The average molecular weight is 266 g/mol. The van der Waals surface area contributed by atoms with Gasteiger partial charge < -0.3 is 5.32 Å². The first-order valence-electron chi connectivity index (χ1n) is 7.46. The van der Waals surface area contributed by atoms with Crippen molar-refractivity contribution in [3.05, 3.63) is 12.2 Å². The fourth-order valence-electron chi connectivity index (χ4n) is 2.17. The zero-order valence-electron chi connectivity index (χ0n) is 13.4. The highest BCUT2D eigenvalue weighted by molar-refractivity contribution is 4.95. The monoisotopic (exact) mass is 266 g/mol. The van der Waals surface area contributed by atoms with Crippen molar-refractivity contribution >= 4 is 0 Å². The Morgan fingerprint density at radius 2 is 2.00 bits per heavy atom. The Morgan fingerprint density at radius 3 is 2.53 bits per heavy atom. The van der Waals surface area contributed by atoms with Crippen molar-refractivity contribution in [2.45, 2.75) is 54.5 Å². The van der Waals surface area contributed by atoms with Crippen LogP contribution in [-0.2, 0) is 13.0 Å². The highest BCUT2D eigenvalue weighted by Gasteiger charge is 2.30. The molecule has 1 N–H and O–H groups in total. The van der Waals surface area contributed by atoms with Crippen molar-refractivity contribution in [2.75, 3.05) is 13.1 Å². The summed E-state index contributed by atoms with van der Waals surface area (Å²) in [6, 6.07) is 0. The molecule has 0 fully saturated rings. The summed E-state index contributed by atoms with van der Waals surface area (Å²) in [5.74, 6) is 2.32. The fourth-order valence-corrected chi connectivity index (χ4v) is 2.17. The molecule has 0 aliphatic heterocycles. The van der Waals surface area contributed by atoms with Gasteiger partial charge >= 0.3 is 0 Å². The summed E-state index contributed by atoms with van der Waals surface area (Å²) < 4.78 is 2.07. The smallest absolute Gasteiger partial charge is 0.138 e. The summed E-state index contributed by atoms with van der Waals surface area (Å²) in [5.41, 5.74) is 0.220. The second-order valence-electron chi connectivity index (χ2n) is 6.52. The molecule has 0 radical (unpaired) electrons. The molecule has 0 aliphatic rings. The number of nitrogens with one attached hydrogen (secondary N) is 1. The van der Waals surface area contributed by atoms with Gasteiger partial charge in [0.2, 0.25) is 0 Å². The minimum atomic E-state index is 0.220. The topological polar surface area (TPSA) is 42.7 Å². The summed E-state index contributed by atoms with van der Waals surface area (Å²) >= 11 is 0. The summed E-state index contributed by atoms with van der Waals surface area (Å²) in [6.07, 6.45) is 2.66. The number of hydrogen-bond acceptors (Lipinski definition) is 3. The molecular weight excluding hydrogens is 236 g/mol. The lowest BCUT2D eigenvalue weighted by molar-refractivity contribution is 0.200. The van der Waals surface area contributed by atoms with Gasteiger partial charge in [-0.25, -0.2) is 9.67 Å². The van der Waals surface area contributed by atoms with Crippen LogP contribution >= 0.6 is 0 Å². The van der Waals surface area contributed by atoms with Crippen LogP contribution in [0.5, 0.6) is 0 Å². The Balaban J connectivity index is 2.82. The number of nitrogens with zero attached hydrogens (tertiary/aromatic N) is 3. The van der Waals surface area contributed by atoms with E-state index >= 15 is 0 Å². The summed E-state index contributed by atoms with van der Waals surface area (Å²) in [5, 5.41) is 7.85. The highest BCUT2D eigenvalue weighted by atomic mass is 15.3. The highest BCUT2D eigenvalue weighted by Crippen LogP contribution is 2.30. The Labute approximate surface area is 118 Å². The zero-order chi connectivity index (χ0) is 14.5. The van der Waals surface area contributed by atoms with Crippen LogP contribution in [0.15, 0.2) is 6.33 Å². The van der Waals surface area contributed by atoms with Gasteiger partial charge in [-0.05, 0) is 23.8 Å². The van der Waals surface area contributed by atoms with Gasteiger partial charge in [0.1, 0.15) is 12.2 Å². The van der Waals surface area contributed by atoms with Crippen LogP contribution in [0.1, 0.15) is 47.4 Å². The predicted molar refractivity (Wildman–Crippen MR) is 80.1 cm³/mol. The van der Waals surface area contributed by atoms with Crippen molar-refractivity contribution in [1.82, 2.24) is 20.1 Å². The van der Waals surface area contributed by atoms with Crippen LogP contribution in [-0.4, -0.2) is 27.9 Å². The lowest BCUT2D eigenvalue weighted by atomic mass is 9.76. The van der Waals surface area contributed by atoms with Crippen molar-refractivity contribution in [3.8, 4) is 0 Å². The van der Waals surface area contributed by atoms with Gasteiger partial charge in [-0.15, -0.1) is 0 Å². The van der Waals surface area contributed by atoms with Crippen LogP contribution in [0.25, 0.3) is 0 Å². The molecule has 0 saturated carbocycles. The molecule has 4 heteroatoms. The first kappa shape index (κ1) is 16.2. The van der Waals surface area contributed by atoms with Crippen LogP contribution in [0.4, 0.5) is 0 Å². The minimum absolute atomic E-state index is 0.220. The first-order chi connectivity index (χ1) is 8.89. The molecule has 4 nitrogen and oxygen atoms in total. The third-order valence-electron chi connectivity index (χ3n) is 3.97. The van der Waals surface area contributed by atoms with E-state index in [0.29, 0.717) is 11.8 Å². The van der Waals surface area contributed by atoms with Crippen LogP contribution in [0.2, 0.25) is 0 Å². The Kier molecular flexibility index (Phi) is 5.98. The largest absolute Gasteiger partial charge is 0.316 e. The van der Waals surface area contributed by atoms with E-state index in [1.807, 2.05) is 0 Å². The Morgan fingerprint density at radius 1 is 1.32 bits per heavy atom. The van der Waals surface area contributed by atoms with Crippen LogP contribution < -0.4 is 5.32 Å². The molecule has 1 aromatic rings. The lowest BCUT2D eigenvalue weighted by Gasteiger charge is -2.34. The van der Waals surface area contributed by atoms with E-state index in [2.05, 4.69) is 61.6 Å². The maximum atomic E-state index is 4.47. The molecule has 0 aromatic carbocycles. The second kappa shape index (κ2) is 7.04. The second-order valence-corrected chi connectivity index (χ2v) is 6.52. The third kappa shape index (κ3) is 4.60. The van der Waals surface area contributed by atoms with Crippen molar-refractivity contribution in [2.24, 2.45) is 17.3 Å². The maximum Gasteiger partial charge on any atom is 0.138 e. The van der Waals surface area contributed by atoms with Gasteiger partial charge in [-0.3, -0.25) is 0 Å². The van der Waals surface area contributed by atoms with Gasteiger partial charge in [-0.2, -0.15) is 5.10 Å².